The number of nitrogens with zero attached hydrogens (tertiary/aromatic N) is 1. The molecule has 4 heteroatoms. The molecule has 1 saturated carbocycles. The van der Waals surface area contributed by atoms with Gasteiger partial charge >= 0.3 is 0 Å². The maximum Gasteiger partial charge on any atom is 0.135 e. The largest absolute Gasteiger partial charge is 0.462 e. The summed E-state index contributed by atoms with van der Waals surface area (Å²) < 4.78 is 19.6. The Balaban J connectivity index is 1.73. The van der Waals surface area contributed by atoms with Crippen LogP contribution < -0.4 is 0 Å². The summed E-state index contributed by atoms with van der Waals surface area (Å²) in [7, 11) is 0. The number of hydrogen-bond donors (Lipinski definition) is 1. The van der Waals surface area contributed by atoms with Crippen molar-refractivity contribution in [2.75, 3.05) is 0 Å². The lowest BCUT2D eigenvalue weighted by Crippen LogP contribution is -2.25. The molecule has 1 aromatic carbocycles. The third-order valence-electron chi connectivity index (χ3n) is 4.02. The van der Waals surface area contributed by atoms with E-state index in [1.54, 1.807) is 19.9 Å². The van der Waals surface area contributed by atoms with Crippen molar-refractivity contribution in [1.82, 2.24) is 4.90 Å². The fraction of sp³-hybridized carbons (Fsp3) is 0.444. The van der Waals surface area contributed by atoms with Crippen molar-refractivity contribution in [3.05, 3.63) is 59.3 Å². The van der Waals surface area contributed by atoms with E-state index in [-0.39, 0.29) is 5.82 Å². The molecule has 3 nitrogen and oxygen atoms in total. The molecule has 0 bridgehead atoms. The third-order valence-corrected chi connectivity index (χ3v) is 4.02. The highest BCUT2D eigenvalue weighted by molar-refractivity contribution is 5.18. The minimum Gasteiger partial charge on any atom is -0.462 e. The van der Waals surface area contributed by atoms with Crippen LogP contribution in [0.5, 0.6) is 0 Å². The molecule has 1 fully saturated rings. The van der Waals surface area contributed by atoms with Crippen LogP contribution in [0.4, 0.5) is 4.39 Å². The normalized spacial score (nSPS) is 15.5. The van der Waals surface area contributed by atoms with E-state index in [9.17, 15) is 9.50 Å². The summed E-state index contributed by atoms with van der Waals surface area (Å²) in [6.45, 7) is 4.62. The SMILES string of the molecule is CC(C)(O)c1ccc(CN(Cc2ccccc2F)C2CC2)o1. The lowest BCUT2D eigenvalue weighted by molar-refractivity contribution is 0.0515. The summed E-state index contributed by atoms with van der Waals surface area (Å²) in [5, 5.41) is 9.97. The summed E-state index contributed by atoms with van der Waals surface area (Å²) >= 11 is 0. The lowest BCUT2D eigenvalue weighted by Gasteiger charge is -2.21. The first-order valence-electron chi connectivity index (χ1n) is 7.72. The van der Waals surface area contributed by atoms with Gasteiger partial charge in [0, 0.05) is 18.2 Å². The zero-order valence-corrected chi connectivity index (χ0v) is 13.1. The van der Waals surface area contributed by atoms with Crippen molar-refractivity contribution < 1.29 is 13.9 Å². The predicted molar refractivity (Wildman–Crippen MR) is 82.6 cm³/mol. The van der Waals surface area contributed by atoms with E-state index in [1.807, 2.05) is 24.3 Å². The average Bonchev–Trinajstić information content (AvgIpc) is 3.18. The highest BCUT2D eigenvalue weighted by Crippen LogP contribution is 2.31. The highest BCUT2D eigenvalue weighted by Gasteiger charge is 2.30. The first kappa shape index (κ1) is 15.3. The number of halogens is 1. The van der Waals surface area contributed by atoms with Crippen LogP contribution in [-0.2, 0) is 18.7 Å². The Morgan fingerprint density at radius 1 is 1.18 bits per heavy atom. The molecule has 118 valence electrons. The maximum absolute atomic E-state index is 13.8. The third kappa shape index (κ3) is 3.57. The van der Waals surface area contributed by atoms with E-state index in [0.29, 0.717) is 30.5 Å². The lowest BCUT2D eigenvalue weighted by atomic mass is 10.1. The van der Waals surface area contributed by atoms with Gasteiger partial charge in [0.15, 0.2) is 0 Å². The van der Waals surface area contributed by atoms with Gasteiger partial charge in [-0.05, 0) is 44.9 Å². The number of rotatable bonds is 6. The van der Waals surface area contributed by atoms with Gasteiger partial charge in [-0.25, -0.2) is 4.39 Å². The minimum absolute atomic E-state index is 0.162. The molecule has 1 heterocycles. The fourth-order valence-electron chi connectivity index (χ4n) is 2.59. The Kier molecular flexibility index (Phi) is 4.06. The van der Waals surface area contributed by atoms with E-state index in [2.05, 4.69) is 4.90 Å². The van der Waals surface area contributed by atoms with Gasteiger partial charge < -0.3 is 9.52 Å². The van der Waals surface area contributed by atoms with E-state index in [1.165, 1.54) is 6.07 Å². The number of hydrogen-bond acceptors (Lipinski definition) is 3. The van der Waals surface area contributed by atoms with Gasteiger partial charge in [-0.2, -0.15) is 0 Å². The van der Waals surface area contributed by atoms with Crippen molar-refractivity contribution in [1.29, 1.82) is 0 Å². The molecule has 2 aromatic rings. The van der Waals surface area contributed by atoms with Crippen LogP contribution in [0.3, 0.4) is 0 Å². The Morgan fingerprint density at radius 3 is 2.50 bits per heavy atom. The molecule has 3 rings (SSSR count). The van der Waals surface area contributed by atoms with Gasteiger partial charge in [-0.1, -0.05) is 18.2 Å². The quantitative estimate of drug-likeness (QED) is 0.881. The smallest absolute Gasteiger partial charge is 0.135 e. The Hall–Kier alpha value is -1.65. The van der Waals surface area contributed by atoms with Crippen molar-refractivity contribution >= 4 is 0 Å². The highest BCUT2D eigenvalue weighted by atomic mass is 19.1. The predicted octanol–water partition coefficient (Wildman–Crippen LogP) is 3.81. The molecule has 1 aromatic heterocycles. The van der Waals surface area contributed by atoms with Crippen LogP contribution in [-0.4, -0.2) is 16.0 Å². The molecule has 1 aliphatic carbocycles. The summed E-state index contributed by atoms with van der Waals surface area (Å²) in [5.41, 5.74) is -0.266. The summed E-state index contributed by atoms with van der Waals surface area (Å²) in [4.78, 5) is 2.24. The van der Waals surface area contributed by atoms with Gasteiger partial charge in [0.2, 0.25) is 0 Å². The molecule has 1 N–H and O–H groups in total. The van der Waals surface area contributed by atoms with Crippen LogP contribution in [0.25, 0.3) is 0 Å². The minimum atomic E-state index is -0.978. The topological polar surface area (TPSA) is 36.6 Å². The fourth-order valence-corrected chi connectivity index (χ4v) is 2.59. The van der Waals surface area contributed by atoms with Crippen LogP contribution in [0, 0.1) is 5.82 Å². The van der Waals surface area contributed by atoms with Crippen LogP contribution in [0.15, 0.2) is 40.8 Å². The Bertz CT molecular complexity index is 641. The maximum atomic E-state index is 13.8. The number of benzene rings is 1. The first-order valence-corrected chi connectivity index (χ1v) is 7.72. The summed E-state index contributed by atoms with van der Waals surface area (Å²) in [6, 6.07) is 11.1. The zero-order chi connectivity index (χ0) is 15.7. The Morgan fingerprint density at radius 2 is 1.91 bits per heavy atom. The molecule has 0 saturated heterocycles. The van der Waals surface area contributed by atoms with Gasteiger partial charge in [0.05, 0.1) is 6.54 Å². The zero-order valence-electron chi connectivity index (χ0n) is 13.1. The molecule has 0 aliphatic heterocycles. The summed E-state index contributed by atoms with van der Waals surface area (Å²) in [6.07, 6.45) is 2.29. The van der Waals surface area contributed by atoms with Gasteiger partial charge in [0.1, 0.15) is 22.9 Å². The molecular formula is C18H22FNO2. The van der Waals surface area contributed by atoms with E-state index in [4.69, 9.17) is 4.42 Å². The molecule has 22 heavy (non-hydrogen) atoms. The molecule has 0 amide bonds. The number of aliphatic hydroxyl groups is 1. The first-order chi connectivity index (χ1) is 10.4. The molecular weight excluding hydrogens is 281 g/mol. The van der Waals surface area contributed by atoms with E-state index in [0.717, 1.165) is 18.6 Å². The second-order valence-electron chi connectivity index (χ2n) is 6.55. The molecule has 0 radical (unpaired) electrons. The van der Waals surface area contributed by atoms with Gasteiger partial charge in [0.25, 0.3) is 0 Å². The average molecular weight is 303 g/mol. The molecule has 0 unspecified atom stereocenters. The Labute approximate surface area is 130 Å². The molecule has 0 spiro atoms. The van der Waals surface area contributed by atoms with Crippen LogP contribution in [0.1, 0.15) is 43.8 Å². The van der Waals surface area contributed by atoms with Gasteiger partial charge in [-0.15, -0.1) is 0 Å². The van der Waals surface area contributed by atoms with Gasteiger partial charge in [-0.3, -0.25) is 4.90 Å². The second-order valence-corrected chi connectivity index (χ2v) is 6.55. The van der Waals surface area contributed by atoms with E-state index < -0.39 is 5.60 Å². The molecule has 1 aliphatic rings. The van der Waals surface area contributed by atoms with Crippen molar-refractivity contribution in [3.8, 4) is 0 Å². The monoisotopic (exact) mass is 303 g/mol. The van der Waals surface area contributed by atoms with Crippen molar-refractivity contribution in [2.24, 2.45) is 0 Å². The van der Waals surface area contributed by atoms with Crippen molar-refractivity contribution in [2.45, 2.75) is 51.4 Å². The summed E-state index contributed by atoms with van der Waals surface area (Å²) in [5.74, 6) is 1.20. The molecule has 0 atom stereocenters. The number of furan rings is 1. The van der Waals surface area contributed by atoms with E-state index >= 15 is 0 Å². The van der Waals surface area contributed by atoms with Crippen LogP contribution in [0.2, 0.25) is 0 Å². The standard InChI is InChI=1S/C18H22FNO2/c1-18(2,21)17-10-9-15(22-17)12-20(14-7-8-14)11-13-5-3-4-6-16(13)19/h3-6,9-10,14,21H,7-8,11-12H2,1-2H3. The second kappa shape index (κ2) is 5.86. The van der Waals surface area contributed by atoms with Crippen LogP contribution >= 0.6 is 0 Å². The van der Waals surface area contributed by atoms with Crippen molar-refractivity contribution in [3.63, 3.8) is 0 Å².